The van der Waals surface area contributed by atoms with E-state index in [1.165, 1.54) is 0 Å². The molecule has 0 saturated carbocycles. The molecule has 0 unspecified atom stereocenters. The second-order valence-electron chi connectivity index (χ2n) is 3.07. The van der Waals surface area contributed by atoms with Crippen molar-refractivity contribution in [1.29, 1.82) is 0 Å². The molecular formula is C8H14N4O2. The van der Waals surface area contributed by atoms with Gasteiger partial charge in [-0.25, -0.2) is 4.68 Å². The quantitative estimate of drug-likeness (QED) is 0.719. The predicted octanol–water partition coefficient (Wildman–Crippen LogP) is 0.490. The number of unbranched alkanes of at least 4 members (excludes halogenated alkanes) is 1. The smallest absolute Gasteiger partial charge is 0.305 e. The number of nitrogens with zero attached hydrogens (tertiary/aromatic N) is 4. The molecule has 0 aliphatic carbocycles. The van der Waals surface area contributed by atoms with Gasteiger partial charge in [-0.3, -0.25) is 4.79 Å². The number of carboxylic acid groups (broad SMARTS) is 1. The summed E-state index contributed by atoms with van der Waals surface area (Å²) in [4.78, 5) is 10.3. The van der Waals surface area contributed by atoms with Crippen molar-refractivity contribution in [2.75, 3.05) is 0 Å². The number of rotatable bonds is 6. The summed E-state index contributed by atoms with van der Waals surface area (Å²) in [6.07, 6.45) is 2.96. The second kappa shape index (κ2) is 5.31. The zero-order valence-electron chi connectivity index (χ0n) is 8.18. The third-order valence-corrected chi connectivity index (χ3v) is 1.90. The molecule has 1 aromatic heterocycles. The van der Waals surface area contributed by atoms with Crippen molar-refractivity contribution < 1.29 is 9.90 Å². The maximum atomic E-state index is 10.3. The molecule has 0 atom stereocenters. The minimum Gasteiger partial charge on any atom is -0.481 e. The monoisotopic (exact) mass is 198 g/mol. The molecule has 6 heteroatoms. The summed E-state index contributed by atoms with van der Waals surface area (Å²) in [7, 11) is 0. The first-order valence-electron chi connectivity index (χ1n) is 4.71. The largest absolute Gasteiger partial charge is 0.481 e. The fourth-order valence-electron chi connectivity index (χ4n) is 1.11. The van der Waals surface area contributed by atoms with E-state index >= 15 is 0 Å². The summed E-state index contributed by atoms with van der Waals surface area (Å²) in [6, 6.07) is 0. The lowest BCUT2D eigenvalue weighted by Crippen LogP contribution is -2.09. The fourth-order valence-corrected chi connectivity index (χ4v) is 1.11. The number of hydrogen-bond donors (Lipinski definition) is 1. The Morgan fingerprint density at radius 3 is 3.00 bits per heavy atom. The van der Waals surface area contributed by atoms with Crippen LogP contribution in [0.3, 0.4) is 0 Å². The molecule has 0 aromatic carbocycles. The normalized spacial score (nSPS) is 10.4. The van der Waals surface area contributed by atoms with Crippen molar-refractivity contribution in [3.05, 3.63) is 5.82 Å². The number of carbonyl (C=O) groups is 1. The summed E-state index contributed by atoms with van der Waals surface area (Å²) < 4.78 is 1.56. The van der Waals surface area contributed by atoms with E-state index in [1.807, 2.05) is 0 Å². The Kier molecular flexibility index (Phi) is 4.03. The summed E-state index contributed by atoms with van der Waals surface area (Å²) in [5.41, 5.74) is 0. The van der Waals surface area contributed by atoms with E-state index < -0.39 is 5.97 Å². The highest BCUT2D eigenvalue weighted by Gasteiger charge is 2.06. The summed E-state index contributed by atoms with van der Waals surface area (Å²) in [5, 5.41) is 19.6. The van der Waals surface area contributed by atoms with E-state index in [0.29, 0.717) is 6.54 Å². The van der Waals surface area contributed by atoms with Crippen LogP contribution < -0.4 is 0 Å². The van der Waals surface area contributed by atoms with Crippen LogP contribution in [0.15, 0.2) is 0 Å². The van der Waals surface area contributed by atoms with Gasteiger partial charge in [-0.05, 0) is 16.8 Å². The van der Waals surface area contributed by atoms with Gasteiger partial charge in [0.1, 0.15) is 0 Å². The molecule has 1 heterocycles. The van der Waals surface area contributed by atoms with E-state index in [4.69, 9.17) is 5.11 Å². The van der Waals surface area contributed by atoms with Crippen molar-refractivity contribution in [3.8, 4) is 0 Å². The van der Waals surface area contributed by atoms with Gasteiger partial charge in [0, 0.05) is 6.42 Å². The van der Waals surface area contributed by atoms with Crippen LogP contribution in [-0.2, 0) is 17.8 Å². The Bertz CT molecular complexity index is 297. The van der Waals surface area contributed by atoms with Gasteiger partial charge in [-0.1, -0.05) is 13.3 Å². The van der Waals surface area contributed by atoms with Gasteiger partial charge < -0.3 is 5.11 Å². The van der Waals surface area contributed by atoms with E-state index in [2.05, 4.69) is 22.4 Å². The maximum Gasteiger partial charge on any atom is 0.305 e. The zero-order valence-corrected chi connectivity index (χ0v) is 8.18. The van der Waals surface area contributed by atoms with Crippen molar-refractivity contribution >= 4 is 5.97 Å². The molecule has 0 aliphatic heterocycles. The van der Waals surface area contributed by atoms with Crippen molar-refractivity contribution in [2.24, 2.45) is 0 Å². The van der Waals surface area contributed by atoms with Gasteiger partial charge in [0.25, 0.3) is 0 Å². The van der Waals surface area contributed by atoms with Crippen molar-refractivity contribution in [2.45, 2.75) is 39.2 Å². The molecule has 0 spiro atoms. The van der Waals surface area contributed by atoms with Gasteiger partial charge in [-0.15, -0.1) is 5.10 Å². The lowest BCUT2D eigenvalue weighted by molar-refractivity contribution is -0.137. The highest BCUT2D eigenvalue weighted by atomic mass is 16.4. The SMILES string of the molecule is CCCCc1nnnn1CCC(=O)O. The minimum absolute atomic E-state index is 0.0597. The Morgan fingerprint density at radius 2 is 2.36 bits per heavy atom. The van der Waals surface area contributed by atoms with Gasteiger partial charge in [-0.2, -0.15) is 0 Å². The van der Waals surface area contributed by atoms with E-state index in [9.17, 15) is 4.79 Å². The third kappa shape index (κ3) is 3.12. The maximum absolute atomic E-state index is 10.3. The first-order valence-corrected chi connectivity index (χ1v) is 4.71. The Labute approximate surface area is 81.9 Å². The average Bonchev–Trinajstić information content (AvgIpc) is 2.58. The van der Waals surface area contributed by atoms with Crippen LogP contribution in [0.5, 0.6) is 0 Å². The van der Waals surface area contributed by atoms with Crippen LogP contribution in [0.4, 0.5) is 0 Å². The predicted molar refractivity (Wildman–Crippen MR) is 48.7 cm³/mol. The molecular weight excluding hydrogens is 184 g/mol. The lowest BCUT2D eigenvalue weighted by Gasteiger charge is -2.01. The van der Waals surface area contributed by atoms with Crippen LogP contribution in [0, 0.1) is 0 Å². The number of aryl methyl sites for hydroxylation is 2. The molecule has 0 bridgehead atoms. The Hall–Kier alpha value is -1.46. The molecule has 1 N–H and O–H groups in total. The fraction of sp³-hybridized carbons (Fsp3) is 0.750. The molecule has 1 aromatic rings. The van der Waals surface area contributed by atoms with Gasteiger partial charge in [0.2, 0.25) is 0 Å². The highest BCUT2D eigenvalue weighted by Crippen LogP contribution is 2.00. The number of aliphatic carboxylic acids is 1. The zero-order chi connectivity index (χ0) is 10.4. The van der Waals surface area contributed by atoms with Crippen LogP contribution >= 0.6 is 0 Å². The van der Waals surface area contributed by atoms with Crippen LogP contribution in [0.2, 0.25) is 0 Å². The van der Waals surface area contributed by atoms with E-state index in [0.717, 1.165) is 25.1 Å². The third-order valence-electron chi connectivity index (χ3n) is 1.90. The topological polar surface area (TPSA) is 80.9 Å². The first kappa shape index (κ1) is 10.6. The molecule has 0 aliphatic rings. The van der Waals surface area contributed by atoms with Gasteiger partial charge in [0.05, 0.1) is 13.0 Å². The second-order valence-corrected chi connectivity index (χ2v) is 3.07. The molecule has 1 rings (SSSR count). The summed E-state index contributed by atoms with van der Waals surface area (Å²) >= 11 is 0. The summed E-state index contributed by atoms with van der Waals surface area (Å²) in [6.45, 7) is 2.44. The number of carboxylic acids is 1. The van der Waals surface area contributed by atoms with E-state index in [1.54, 1.807) is 4.68 Å². The molecule has 14 heavy (non-hydrogen) atoms. The Morgan fingerprint density at radius 1 is 1.57 bits per heavy atom. The number of tetrazole rings is 1. The Balaban J connectivity index is 2.49. The standard InChI is InChI=1S/C8H14N4O2/c1-2-3-4-7-9-10-11-12(7)6-5-8(13)14/h2-6H2,1H3,(H,13,14). The van der Waals surface area contributed by atoms with Gasteiger partial charge in [0.15, 0.2) is 5.82 Å². The average molecular weight is 198 g/mol. The van der Waals surface area contributed by atoms with E-state index in [-0.39, 0.29) is 6.42 Å². The summed E-state index contributed by atoms with van der Waals surface area (Å²) in [5.74, 6) is -0.0601. The lowest BCUT2D eigenvalue weighted by atomic mass is 10.2. The molecule has 6 nitrogen and oxygen atoms in total. The molecule has 78 valence electrons. The minimum atomic E-state index is -0.832. The van der Waals surface area contributed by atoms with Crippen LogP contribution in [-0.4, -0.2) is 31.3 Å². The number of hydrogen-bond acceptors (Lipinski definition) is 4. The molecule has 0 amide bonds. The van der Waals surface area contributed by atoms with Crippen molar-refractivity contribution in [1.82, 2.24) is 20.2 Å². The first-order chi connectivity index (χ1) is 6.74. The van der Waals surface area contributed by atoms with Crippen LogP contribution in [0.1, 0.15) is 32.0 Å². The molecule has 0 radical (unpaired) electrons. The molecule has 0 fully saturated rings. The number of aromatic nitrogens is 4. The van der Waals surface area contributed by atoms with Crippen molar-refractivity contribution in [3.63, 3.8) is 0 Å². The molecule has 0 saturated heterocycles. The highest BCUT2D eigenvalue weighted by molar-refractivity contribution is 5.66. The van der Waals surface area contributed by atoms with Crippen LogP contribution in [0.25, 0.3) is 0 Å². The van der Waals surface area contributed by atoms with Gasteiger partial charge >= 0.3 is 5.97 Å².